The first-order chi connectivity index (χ1) is 8.17. The van der Waals surface area contributed by atoms with Crippen molar-refractivity contribution < 1.29 is 4.92 Å². The molecule has 0 unspecified atom stereocenters. The van der Waals surface area contributed by atoms with E-state index in [1.807, 2.05) is 12.1 Å². The van der Waals surface area contributed by atoms with Crippen LogP contribution in [0.3, 0.4) is 0 Å². The second-order valence-corrected chi connectivity index (χ2v) is 4.73. The summed E-state index contributed by atoms with van der Waals surface area (Å²) in [6.07, 6.45) is 4.72. The molecular formula is C13H18N2O2. The standard InChI is InChI=1S/C13H18N2O2/c1-2-13(8-5-9-13)14-10-11-6-3-4-7-12(11)15(16)17/h3-4,6-7,14H,2,5,8-10H2,1H3. The first kappa shape index (κ1) is 12.0. The van der Waals surface area contributed by atoms with Crippen molar-refractivity contribution in [3.8, 4) is 0 Å². The Kier molecular flexibility index (Phi) is 3.43. The van der Waals surface area contributed by atoms with Crippen molar-refractivity contribution in [1.82, 2.24) is 5.32 Å². The van der Waals surface area contributed by atoms with Gasteiger partial charge in [-0.2, -0.15) is 0 Å². The Morgan fingerprint density at radius 1 is 1.41 bits per heavy atom. The van der Waals surface area contributed by atoms with E-state index in [1.165, 1.54) is 19.3 Å². The van der Waals surface area contributed by atoms with Gasteiger partial charge in [0.1, 0.15) is 0 Å². The summed E-state index contributed by atoms with van der Waals surface area (Å²) in [4.78, 5) is 10.6. The number of hydrogen-bond donors (Lipinski definition) is 1. The number of nitro benzene ring substituents is 1. The van der Waals surface area contributed by atoms with E-state index in [4.69, 9.17) is 0 Å². The molecule has 1 aliphatic rings. The van der Waals surface area contributed by atoms with Crippen LogP contribution in [-0.2, 0) is 6.54 Å². The maximum Gasteiger partial charge on any atom is 0.273 e. The van der Waals surface area contributed by atoms with Gasteiger partial charge in [-0.3, -0.25) is 10.1 Å². The first-order valence-electron chi connectivity index (χ1n) is 6.14. The Labute approximate surface area is 101 Å². The molecule has 92 valence electrons. The predicted octanol–water partition coefficient (Wildman–Crippen LogP) is 3.02. The maximum atomic E-state index is 10.9. The number of nitro groups is 1. The molecule has 0 heterocycles. The molecule has 1 N–H and O–H groups in total. The lowest BCUT2D eigenvalue weighted by molar-refractivity contribution is -0.385. The molecule has 0 bridgehead atoms. The molecule has 4 nitrogen and oxygen atoms in total. The fourth-order valence-corrected chi connectivity index (χ4v) is 2.38. The zero-order valence-corrected chi connectivity index (χ0v) is 10.1. The van der Waals surface area contributed by atoms with Crippen molar-refractivity contribution in [1.29, 1.82) is 0 Å². The van der Waals surface area contributed by atoms with Gasteiger partial charge < -0.3 is 5.32 Å². The molecule has 0 radical (unpaired) electrons. The molecule has 2 rings (SSSR count). The second-order valence-electron chi connectivity index (χ2n) is 4.73. The minimum absolute atomic E-state index is 0.213. The molecule has 0 atom stereocenters. The van der Waals surface area contributed by atoms with Crippen LogP contribution >= 0.6 is 0 Å². The molecule has 1 fully saturated rings. The van der Waals surface area contributed by atoms with Crippen LogP contribution in [0, 0.1) is 10.1 Å². The van der Waals surface area contributed by atoms with E-state index in [2.05, 4.69) is 12.2 Å². The summed E-state index contributed by atoms with van der Waals surface area (Å²) in [6, 6.07) is 6.95. The van der Waals surface area contributed by atoms with E-state index in [1.54, 1.807) is 12.1 Å². The van der Waals surface area contributed by atoms with E-state index in [9.17, 15) is 10.1 Å². The van der Waals surface area contributed by atoms with Gasteiger partial charge in [0, 0.05) is 23.7 Å². The van der Waals surface area contributed by atoms with Gasteiger partial charge in [0.2, 0.25) is 0 Å². The van der Waals surface area contributed by atoms with E-state index in [-0.39, 0.29) is 16.1 Å². The number of para-hydroxylation sites is 1. The lowest BCUT2D eigenvalue weighted by atomic mass is 9.75. The third kappa shape index (κ3) is 2.47. The van der Waals surface area contributed by atoms with Crippen LogP contribution in [0.5, 0.6) is 0 Å². The average molecular weight is 234 g/mol. The highest BCUT2D eigenvalue weighted by Gasteiger charge is 2.34. The highest BCUT2D eigenvalue weighted by atomic mass is 16.6. The third-order valence-corrected chi connectivity index (χ3v) is 3.83. The molecule has 4 heteroatoms. The molecule has 0 aliphatic heterocycles. The van der Waals surface area contributed by atoms with E-state index in [0.717, 1.165) is 12.0 Å². The Hall–Kier alpha value is -1.42. The van der Waals surface area contributed by atoms with Crippen molar-refractivity contribution >= 4 is 5.69 Å². The molecule has 17 heavy (non-hydrogen) atoms. The Morgan fingerprint density at radius 2 is 2.12 bits per heavy atom. The van der Waals surface area contributed by atoms with Crippen molar-refractivity contribution in [3.05, 3.63) is 39.9 Å². The van der Waals surface area contributed by atoms with E-state index in [0.29, 0.717) is 6.54 Å². The Morgan fingerprint density at radius 3 is 2.65 bits per heavy atom. The highest BCUT2D eigenvalue weighted by Crippen LogP contribution is 2.35. The van der Waals surface area contributed by atoms with Crippen LogP contribution in [0.15, 0.2) is 24.3 Å². The summed E-state index contributed by atoms with van der Waals surface area (Å²) in [5.41, 5.74) is 1.21. The zero-order valence-electron chi connectivity index (χ0n) is 10.1. The summed E-state index contributed by atoms with van der Waals surface area (Å²) < 4.78 is 0. The average Bonchev–Trinajstić information content (AvgIpc) is 2.28. The van der Waals surface area contributed by atoms with Crippen LogP contribution < -0.4 is 5.32 Å². The molecule has 0 aromatic heterocycles. The monoisotopic (exact) mass is 234 g/mol. The summed E-state index contributed by atoms with van der Waals surface area (Å²) in [5, 5.41) is 14.4. The minimum Gasteiger partial charge on any atom is -0.307 e. The van der Waals surface area contributed by atoms with Crippen molar-refractivity contribution in [2.75, 3.05) is 0 Å². The van der Waals surface area contributed by atoms with Crippen molar-refractivity contribution in [3.63, 3.8) is 0 Å². The van der Waals surface area contributed by atoms with Crippen LogP contribution in [0.4, 0.5) is 5.69 Å². The zero-order chi connectivity index (χ0) is 12.3. The van der Waals surface area contributed by atoms with Crippen LogP contribution in [-0.4, -0.2) is 10.5 Å². The number of benzene rings is 1. The van der Waals surface area contributed by atoms with Gasteiger partial charge >= 0.3 is 0 Å². The molecular weight excluding hydrogens is 216 g/mol. The molecule has 1 aromatic rings. The van der Waals surface area contributed by atoms with Crippen LogP contribution in [0.1, 0.15) is 38.2 Å². The fraction of sp³-hybridized carbons (Fsp3) is 0.538. The van der Waals surface area contributed by atoms with Crippen LogP contribution in [0.2, 0.25) is 0 Å². The van der Waals surface area contributed by atoms with E-state index >= 15 is 0 Å². The summed E-state index contributed by atoms with van der Waals surface area (Å²) in [6.45, 7) is 2.76. The highest BCUT2D eigenvalue weighted by molar-refractivity contribution is 5.39. The summed E-state index contributed by atoms with van der Waals surface area (Å²) in [7, 11) is 0. The topological polar surface area (TPSA) is 55.2 Å². The first-order valence-corrected chi connectivity index (χ1v) is 6.14. The number of hydrogen-bond acceptors (Lipinski definition) is 3. The smallest absolute Gasteiger partial charge is 0.273 e. The SMILES string of the molecule is CCC1(NCc2ccccc2[N+](=O)[O-])CCC1. The Bertz CT molecular complexity index is 408. The van der Waals surface area contributed by atoms with Gasteiger partial charge in [-0.15, -0.1) is 0 Å². The molecule has 0 spiro atoms. The van der Waals surface area contributed by atoms with E-state index < -0.39 is 0 Å². The molecule has 1 aromatic carbocycles. The van der Waals surface area contributed by atoms with Gasteiger partial charge in [0.15, 0.2) is 0 Å². The second kappa shape index (κ2) is 4.84. The largest absolute Gasteiger partial charge is 0.307 e. The minimum atomic E-state index is -0.309. The van der Waals surface area contributed by atoms with Gasteiger partial charge in [-0.25, -0.2) is 0 Å². The predicted molar refractivity (Wildman–Crippen MR) is 66.8 cm³/mol. The molecule has 1 saturated carbocycles. The lowest BCUT2D eigenvalue weighted by Gasteiger charge is -2.42. The fourth-order valence-electron chi connectivity index (χ4n) is 2.38. The van der Waals surface area contributed by atoms with Gasteiger partial charge in [-0.05, 0) is 25.7 Å². The molecule has 0 amide bonds. The summed E-state index contributed by atoms with van der Waals surface area (Å²) >= 11 is 0. The number of rotatable bonds is 5. The van der Waals surface area contributed by atoms with Gasteiger partial charge in [-0.1, -0.05) is 25.1 Å². The lowest BCUT2D eigenvalue weighted by Crippen LogP contribution is -2.49. The Balaban J connectivity index is 2.06. The normalized spacial score (nSPS) is 17.5. The van der Waals surface area contributed by atoms with Gasteiger partial charge in [0.25, 0.3) is 5.69 Å². The number of nitrogens with zero attached hydrogens (tertiary/aromatic N) is 1. The quantitative estimate of drug-likeness (QED) is 0.629. The summed E-state index contributed by atoms with van der Waals surface area (Å²) in [5.74, 6) is 0. The third-order valence-electron chi connectivity index (χ3n) is 3.83. The molecule has 1 aliphatic carbocycles. The maximum absolute atomic E-state index is 10.9. The van der Waals surface area contributed by atoms with Crippen LogP contribution in [0.25, 0.3) is 0 Å². The van der Waals surface area contributed by atoms with Crippen molar-refractivity contribution in [2.45, 2.75) is 44.7 Å². The van der Waals surface area contributed by atoms with Crippen molar-refractivity contribution in [2.24, 2.45) is 0 Å². The number of nitrogens with one attached hydrogen (secondary N) is 1. The molecule has 0 saturated heterocycles. The van der Waals surface area contributed by atoms with Gasteiger partial charge in [0.05, 0.1) is 4.92 Å².